The van der Waals surface area contributed by atoms with Gasteiger partial charge in [0.2, 0.25) is 5.91 Å². The molecular weight excluding hydrogens is 538 g/mol. The van der Waals surface area contributed by atoms with Crippen LogP contribution in [-0.4, -0.2) is 58.1 Å². The summed E-state index contributed by atoms with van der Waals surface area (Å²) in [5.41, 5.74) is 6.01. The van der Waals surface area contributed by atoms with Crippen LogP contribution < -0.4 is 10.1 Å². The largest absolute Gasteiger partial charge is 0.494 e. The summed E-state index contributed by atoms with van der Waals surface area (Å²) in [6.07, 6.45) is 7.62. The van der Waals surface area contributed by atoms with E-state index in [-0.39, 0.29) is 17.7 Å². The molecule has 2 saturated carbocycles. The molecule has 1 saturated heterocycles. The molecule has 0 unspecified atom stereocenters. The Kier molecular flexibility index (Phi) is 7.18. The molecule has 8 nitrogen and oxygen atoms in total. The number of piperidine rings is 1. The molecule has 3 heterocycles. The third kappa shape index (κ3) is 4.88. The highest BCUT2D eigenvalue weighted by Crippen LogP contribution is 2.46. The average Bonchev–Trinajstić information content (AvgIpc) is 3.67. The zero-order valence-electron chi connectivity index (χ0n) is 25.9. The molecule has 1 aliphatic heterocycles. The summed E-state index contributed by atoms with van der Waals surface area (Å²) < 4.78 is 10.5. The number of imidazole rings is 1. The fourth-order valence-corrected chi connectivity index (χ4v) is 7.49. The van der Waals surface area contributed by atoms with Crippen LogP contribution in [0.15, 0.2) is 36.4 Å². The van der Waals surface area contributed by atoms with E-state index in [4.69, 9.17) is 9.72 Å². The van der Waals surface area contributed by atoms with E-state index >= 15 is 0 Å². The first-order valence-electron chi connectivity index (χ1n) is 16.1. The lowest BCUT2D eigenvalue weighted by atomic mass is 9.70. The topological polar surface area (TPSA) is 81.4 Å². The number of hydrogen-bond donors (Lipinski definition) is 1. The second-order valence-electron chi connectivity index (χ2n) is 13.1. The molecule has 0 radical (unpaired) electrons. The van der Waals surface area contributed by atoms with E-state index in [9.17, 15) is 9.59 Å². The van der Waals surface area contributed by atoms with Gasteiger partial charge >= 0.3 is 0 Å². The Hall–Kier alpha value is -3.81. The molecule has 226 valence electrons. The lowest BCUT2D eigenvalue weighted by Gasteiger charge is -2.35. The van der Waals surface area contributed by atoms with Gasteiger partial charge in [-0.2, -0.15) is 0 Å². The lowest BCUT2D eigenvalue weighted by Crippen LogP contribution is -2.39. The van der Waals surface area contributed by atoms with Gasteiger partial charge in [0.1, 0.15) is 11.3 Å². The van der Waals surface area contributed by atoms with Crippen molar-refractivity contribution in [1.82, 2.24) is 24.3 Å². The Labute approximate surface area is 253 Å². The van der Waals surface area contributed by atoms with Crippen molar-refractivity contribution in [2.45, 2.75) is 64.3 Å². The average molecular weight is 582 g/mol. The zero-order valence-corrected chi connectivity index (χ0v) is 25.9. The summed E-state index contributed by atoms with van der Waals surface area (Å²) in [6, 6.07) is 12.7. The molecule has 2 aliphatic carbocycles. The number of para-hydroxylation sites is 1. The maximum Gasteiger partial charge on any atom is 0.254 e. The third-order valence-electron chi connectivity index (χ3n) is 10.3. The van der Waals surface area contributed by atoms with Crippen molar-refractivity contribution in [3.63, 3.8) is 0 Å². The highest BCUT2D eigenvalue weighted by Gasteiger charge is 2.37. The number of aromatic nitrogens is 3. The normalized spacial score (nSPS) is 22.1. The number of nitrogens with zero attached hydrogens (tertiary/aromatic N) is 4. The van der Waals surface area contributed by atoms with E-state index in [0.29, 0.717) is 29.1 Å². The van der Waals surface area contributed by atoms with E-state index in [2.05, 4.69) is 45.6 Å². The minimum absolute atomic E-state index is 0.0635. The van der Waals surface area contributed by atoms with Crippen molar-refractivity contribution >= 4 is 33.8 Å². The van der Waals surface area contributed by atoms with Crippen LogP contribution in [0.3, 0.4) is 0 Å². The van der Waals surface area contributed by atoms with Gasteiger partial charge in [-0.25, -0.2) is 4.98 Å². The summed E-state index contributed by atoms with van der Waals surface area (Å²) in [6.45, 7) is 4.79. The standard InChI is InChI=1S/C35H43N5O3/c1-5-21-8-7-13-39(19-21)35(42)26-16-28-32(30(18-26)43-4)38(3)33(37-28)29-17-23-9-6-10-27(24-14-25(15-24)34(41)36-2)31(23)40(29)20-22-11-12-22/h6,9-10,16-18,21-22,24-25H,5,7-8,11-15,19-20H2,1-4H3,(H,36,41)/t21-,24?,25?/m1/s1. The fraction of sp³-hybridized carbons (Fsp3) is 0.514. The van der Waals surface area contributed by atoms with Gasteiger partial charge in [0.25, 0.3) is 5.91 Å². The van der Waals surface area contributed by atoms with Crippen molar-refractivity contribution in [3.8, 4) is 17.3 Å². The Morgan fingerprint density at radius 3 is 2.60 bits per heavy atom. The van der Waals surface area contributed by atoms with E-state index in [1.165, 1.54) is 35.7 Å². The number of aryl methyl sites for hydroxylation is 1. The molecule has 2 aromatic heterocycles. The summed E-state index contributed by atoms with van der Waals surface area (Å²) in [5, 5.41) is 4.03. The number of benzene rings is 2. The van der Waals surface area contributed by atoms with Crippen molar-refractivity contribution < 1.29 is 14.3 Å². The molecule has 0 bridgehead atoms. The Bertz CT molecular complexity index is 1710. The Balaban J connectivity index is 1.31. The highest BCUT2D eigenvalue weighted by molar-refractivity contribution is 6.00. The van der Waals surface area contributed by atoms with E-state index in [1.807, 2.05) is 24.1 Å². The number of amides is 2. The molecular formula is C35H43N5O3. The first-order chi connectivity index (χ1) is 20.9. The first kappa shape index (κ1) is 28.0. The van der Waals surface area contributed by atoms with Crippen molar-refractivity contribution in [1.29, 1.82) is 0 Å². The predicted octanol–water partition coefficient (Wildman–Crippen LogP) is 6.12. The number of fused-ring (bicyclic) bond motifs is 2. The molecule has 3 aliphatic rings. The molecule has 1 N–H and O–H groups in total. The van der Waals surface area contributed by atoms with Crippen LogP contribution in [0.25, 0.3) is 33.5 Å². The van der Waals surface area contributed by atoms with Gasteiger partial charge in [0.05, 0.1) is 23.8 Å². The minimum Gasteiger partial charge on any atom is -0.494 e. The van der Waals surface area contributed by atoms with Crippen LogP contribution in [0.4, 0.5) is 0 Å². The lowest BCUT2D eigenvalue weighted by molar-refractivity contribution is -0.127. The molecule has 0 spiro atoms. The van der Waals surface area contributed by atoms with Crippen molar-refractivity contribution in [3.05, 3.63) is 47.5 Å². The molecule has 43 heavy (non-hydrogen) atoms. The number of likely N-dealkylation sites (tertiary alicyclic amines) is 1. The second-order valence-corrected chi connectivity index (χ2v) is 13.1. The van der Waals surface area contributed by atoms with Gasteiger partial charge in [0.15, 0.2) is 5.82 Å². The number of nitrogens with one attached hydrogen (secondary N) is 1. The number of ether oxygens (including phenoxy) is 1. The molecule has 1 atom stereocenters. The Morgan fingerprint density at radius 2 is 1.88 bits per heavy atom. The van der Waals surface area contributed by atoms with Crippen molar-refractivity contribution in [2.75, 3.05) is 27.2 Å². The van der Waals surface area contributed by atoms with Gasteiger partial charge in [-0.3, -0.25) is 9.59 Å². The fourth-order valence-electron chi connectivity index (χ4n) is 7.49. The Morgan fingerprint density at radius 1 is 1.07 bits per heavy atom. The number of hydrogen-bond acceptors (Lipinski definition) is 4. The van der Waals surface area contributed by atoms with Crippen LogP contribution in [0.5, 0.6) is 5.75 Å². The quantitative estimate of drug-likeness (QED) is 0.272. The maximum atomic E-state index is 13.7. The minimum atomic E-state index is 0.0635. The predicted molar refractivity (Wildman–Crippen MR) is 169 cm³/mol. The van der Waals surface area contributed by atoms with Gasteiger partial charge in [-0.1, -0.05) is 31.5 Å². The number of carbonyl (C=O) groups is 2. The monoisotopic (exact) mass is 581 g/mol. The smallest absolute Gasteiger partial charge is 0.254 e. The summed E-state index contributed by atoms with van der Waals surface area (Å²) in [5.74, 6) is 3.47. The van der Waals surface area contributed by atoms with Gasteiger partial charge < -0.3 is 24.1 Å². The van der Waals surface area contributed by atoms with E-state index in [0.717, 1.165) is 67.9 Å². The summed E-state index contributed by atoms with van der Waals surface area (Å²) >= 11 is 0. The third-order valence-corrected chi connectivity index (χ3v) is 10.3. The molecule has 2 amide bonds. The number of carbonyl (C=O) groups excluding carboxylic acids is 2. The van der Waals surface area contributed by atoms with Gasteiger partial charge in [0, 0.05) is 50.6 Å². The van der Waals surface area contributed by atoms with Crippen LogP contribution in [0.1, 0.15) is 73.7 Å². The molecule has 3 fully saturated rings. The zero-order chi connectivity index (χ0) is 29.8. The van der Waals surface area contributed by atoms with Gasteiger partial charge in [-0.15, -0.1) is 0 Å². The second kappa shape index (κ2) is 11.0. The maximum absolute atomic E-state index is 13.7. The van der Waals surface area contributed by atoms with Crippen LogP contribution in [0.2, 0.25) is 0 Å². The van der Waals surface area contributed by atoms with E-state index < -0.39 is 0 Å². The van der Waals surface area contributed by atoms with E-state index in [1.54, 1.807) is 14.2 Å². The summed E-state index contributed by atoms with van der Waals surface area (Å²) in [7, 11) is 5.44. The van der Waals surface area contributed by atoms with Gasteiger partial charge in [-0.05, 0) is 80.0 Å². The summed E-state index contributed by atoms with van der Waals surface area (Å²) in [4.78, 5) is 33.1. The number of rotatable bonds is 8. The first-order valence-corrected chi connectivity index (χ1v) is 16.1. The molecule has 7 rings (SSSR count). The molecule has 2 aromatic carbocycles. The van der Waals surface area contributed by atoms with Crippen LogP contribution in [-0.2, 0) is 18.4 Å². The molecule has 4 aromatic rings. The number of methoxy groups -OCH3 is 1. The van der Waals surface area contributed by atoms with Crippen LogP contribution >= 0.6 is 0 Å². The molecule has 8 heteroatoms. The SMILES string of the molecule is CC[C@@H]1CCCN(C(=O)c2cc(OC)c3c(c2)nc(-c2cc4cccc(C5CC(C(=O)NC)C5)c4n2CC2CC2)n3C)C1. The van der Waals surface area contributed by atoms with Crippen molar-refractivity contribution in [2.24, 2.45) is 24.8 Å². The van der Waals surface area contributed by atoms with Crippen LogP contribution in [0, 0.1) is 17.8 Å². The highest BCUT2D eigenvalue weighted by atomic mass is 16.5.